The lowest BCUT2D eigenvalue weighted by Crippen LogP contribution is -2.31. The van der Waals surface area contributed by atoms with E-state index < -0.39 is 0 Å². The first-order valence-electron chi connectivity index (χ1n) is 5.79. The summed E-state index contributed by atoms with van der Waals surface area (Å²) in [5.74, 6) is 0.330. The lowest BCUT2D eigenvalue weighted by molar-refractivity contribution is -0.124. The van der Waals surface area contributed by atoms with Gasteiger partial charge in [0.1, 0.15) is 0 Å². The Kier molecular flexibility index (Phi) is 5.45. The fraction of sp³-hybridized carbons (Fsp3) is 0.462. The molecule has 17 heavy (non-hydrogen) atoms. The lowest BCUT2D eigenvalue weighted by Gasteiger charge is -2.09. The maximum Gasteiger partial charge on any atom is 0.224 e. The van der Waals surface area contributed by atoms with Gasteiger partial charge in [-0.2, -0.15) is 0 Å². The minimum absolute atomic E-state index is 0. The van der Waals surface area contributed by atoms with E-state index in [9.17, 15) is 4.79 Å². The van der Waals surface area contributed by atoms with Gasteiger partial charge in [0.2, 0.25) is 5.91 Å². The molecule has 0 bridgehead atoms. The van der Waals surface area contributed by atoms with Crippen LogP contribution in [0, 0.1) is 12.8 Å². The van der Waals surface area contributed by atoms with Crippen molar-refractivity contribution >= 4 is 18.3 Å². The molecule has 2 N–H and O–H groups in total. The van der Waals surface area contributed by atoms with Crippen molar-refractivity contribution in [1.82, 2.24) is 10.6 Å². The first kappa shape index (κ1) is 14.0. The molecule has 1 unspecified atom stereocenters. The maximum absolute atomic E-state index is 11.7. The van der Waals surface area contributed by atoms with Gasteiger partial charge in [-0.1, -0.05) is 29.8 Å². The summed E-state index contributed by atoms with van der Waals surface area (Å²) < 4.78 is 0. The average Bonchev–Trinajstić information content (AvgIpc) is 2.81. The highest BCUT2D eigenvalue weighted by molar-refractivity contribution is 5.85. The molecule has 94 valence electrons. The van der Waals surface area contributed by atoms with E-state index in [0.29, 0.717) is 6.54 Å². The molecule has 4 heteroatoms. The number of rotatable bonds is 3. The van der Waals surface area contributed by atoms with Gasteiger partial charge in [-0.15, -0.1) is 12.4 Å². The van der Waals surface area contributed by atoms with Crippen molar-refractivity contribution in [1.29, 1.82) is 0 Å². The molecule has 1 atom stereocenters. The number of nitrogens with one attached hydrogen (secondary N) is 2. The quantitative estimate of drug-likeness (QED) is 0.861. The van der Waals surface area contributed by atoms with Crippen LogP contribution >= 0.6 is 12.4 Å². The number of benzene rings is 1. The second-order valence-electron chi connectivity index (χ2n) is 4.39. The second-order valence-corrected chi connectivity index (χ2v) is 4.39. The number of carbonyl (C=O) groups excluding carboxylic acids is 1. The molecular formula is C13H19ClN2O. The van der Waals surface area contributed by atoms with Crippen LogP contribution in [0.3, 0.4) is 0 Å². The van der Waals surface area contributed by atoms with Crippen molar-refractivity contribution in [3.63, 3.8) is 0 Å². The first-order valence-corrected chi connectivity index (χ1v) is 5.79. The van der Waals surface area contributed by atoms with Crippen LogP contribution in [0.4, 0.5) is 0 Å². The highest BCUT2D eigenvalue weighted by Crippen LogP contribution is 2.08. The van der Waals surface area contributed by atoms with Gasteiger partial charge in [0, 0.05) is 13.1 Å². The van der Waals surface area contributed by atoms with Gasteiger partial charge in [0.05, 0.1) is 5.92 Å². The van der Waals surface area contributed by atoms with Gasteiger partial charge in [-0.25, -0.2) is 0 Å². The van der Waals surface area contributed by atoms with Crippen LogP contribution in [0.1, 0.15) is 17.5 Å². The van der Waals surface area contributed by atoms with Gasteiger partial charge in [-0.05, 0) is 25.5 Å². The van der Waals surface area contributed by atoms with Crippen molar-refractivity contribution in [3.8, 4) is 0 Å². The van der Waals surface area contributed by atoms with E-state index in [1.807, 2.05) is 0 Å². The molecule has 0 radical (unpaired) electrons. The molecule has 0 saturated carbocycles. The molecule has 1 aliphatic heterocycles. The van der Waals surface area contributed by atoms with Crippen LogP contribution in [0.5, 0.6) is 0 Å². The van der Waals surface area contributed by atoms with Crippen molar-refractivity contribution < 1.29 is 4.79 Å². The second kappa shape index (κ2) is 6.62. The minimum atomic E-state index is 0. The largest absolute Gasteiger partial charge is 0.352 e. The SMILES string of the molecule is Cc1ccc(CNC(=O)C2CCNC2)cc1.Cl. The van der Waals surface area contributed by atoms with Crippen LogP contribution in [-0.4, -0.2) is 19.0 Å². The van der Waals surface area contributed by atoms with Gasteiger partial charge in [-0.3, -0.25) is 4.79 Å². The van der Waals surface area contributed by atoms with Crippen molar-refractivity contribution in [3.05, 3.63) is 35.4 Å². The van der Waals surface area contributed by atoms with E-state index in [2.05, 4.69) is 41.8 Å². The van der Waals surface area contributed by atoms with Crippen LogP contribution in [0.15, 0.2) is 24.3 Å². The Morgan fingerprint density at radius 3 is 2.71 bits per heavy atom. The van der Waals surface area contributed by atoms with Crippen molar-refractivity contribution in [2.75, 3.05) is 13.1 Å². The molecule has 0 spiro atoms. The fourth-order valence-corrected chi connectivity index (χ4v) is 1.92. The maximum atomic E-state index is 11.7. The van der Waals surface area contributed by atoms with Crippen LogP contribution in [-0.2, 0) is 11.3 Å². The highest BCUT2D eigenvalue weighted by Gasteiger charge is 2.21. The molecule has 3 nitrogen and oxygen atoms in total. The molecule has 1 aromatic rings. The van der Waals surface area contributed by atoms with Crippen molar-refractivity contribution in [2.45, 2.75) is 19.9 Å². The van der Waals surface area contributed by atoms with E-state index in [0.717, 1.165) is 25.1 Å². The Labute approximate surface area is 108 Å². The summed E-state index contributed by atoms with van der Waals surface area (Å²) in [6.45, 7) is 4.48. The third-order valence-electron chi connectivity index (χ3n) is 3.02. The molecule has 2 rings (SSSR count). The predicted octanol–water partition coefficient (Wildman–Crippen LogP) is 1.64. The smallest absolute Gasteiger partial charge is 0.224 e. The number of carbonyl (C=O) groups is 1. The van der Waals surface area contributed by atoms with E-state index in [1.54, 1.807) is 0 Å². The summed E-state index contributed by atoms with van der Waals surface area (Å²) in [5, 5.41) is 6.18. The van der Waals surface area contributed by atoms with E-state index in [-0.39, 0.29) is 24.2 Å². The summed E-state index contributed by atoms with van der Waals surface area (Å²) in [6.07, 6.45) is 0.958. The molecule has 1 aliphatic rings. The molecule has 1 fully saturated rings. The third kappa shape index (κ3) is 4.02. The number of aryl methyl sites for hydroxylation is 1. The normalized spacial score (nSPS) is 18.5. The zero-order valence-corrected chi connectivity index (χ0v) is 10.8. The third-order valence-corrected chi connectivity index (χ3v) is 3.02. The molecule has 1 aromatic carbocycles. The Hall–Kier alpha value is -1.06. The first-order chi connectivity index (χ1) is 7.75. The topological polar surface area (TPSA) is 41.1 Å². The van der Waals surface area contributed by atoms with Gasteiger partial charge in [0.25, 0.3) is 0 Å². The summed E-state index contributed by atoms with van der Waals surface area (Å²) in [4.78, 5) is 11.7. The molecular weight excluding hydrogens is 236 g/mol. The lowest BCUT2D eigenvalue weighted by atomic mass is 10.1. The predicted molar refractivity (Wildman–Crippen MR) is 71.3 cm³/mol. The van der Waals surface area contributed by atoms with E-state index >= 15 is 0 Å². The Balaban J connectivity index is 0.00000144. The van der Waals surface area contributed by atoms with Crippen LogP contribution < -0.4 is 10.6 Å². The Morgan fingerprint density at radius 2 is 2.12 bits per heavy atom. The molecule has 1 saturated heterocycles. The highest BCUT2D eigenvalue weighted by atomic mass is 35.5. The Bertz CT molecular complexity index is 358. The summed E-state index contributed by atoms with van der Waals surface area (Å²) in [5.41, 5.74) is 2.40. The van der Waals surface area contributed by atoms with Crippen molar-refractivity contribution in [2.24, 2.45) is 5.92 Å². The van der Waals surface area contributed by atoms with Crippen LogP contribution in [0.25, 0.3) is 0 Å². The summed E-state index contributed by atoms with van der Waals surface area (Å²) in [7, 11) is 0. The minimum Gasteiger partial charge on any atom is -0.352 e. The van der Waals surface area contributed by atoms with Crippen LogP contribution in [0.2, 0.25) is 0 Å². The number of halogens is 1. The fourth-order valence-electron chi connectivity index (χ4n) is 1.92. The zero-order valence-electron chi connectivity index (χ0n) is 10.0. The molecule has 1 heterocycles. The van der Waals surface area contributed by atoms with Gasteiger partial charge < -0.3 is 10.6 Å². The van der Waals surface area contributed by atoms with E-state index in [1.165, 1.54) is 5.56 Å². The van der Waals surface area contributed by atoms with Gasteiger partial charge in [0.15, 0.2) is 0 Å². The molecule has 0 aromatic heterocycles. The average molecular weight is 255 g/mol. The molecule has 1 amide bonds. The van der Waals surface area contributed by atoms with Gasteiger partial charge >= 0.3 is 0 Å². The Morgan fingerprint density at radius 1 is 1.41 bits per heavy atom. The standard InChI is InChI=1S/C13H18N2O.ClH/c1-10-2-4-11(5-3-10)8-15-13(16)12-6-7-14-9-12;/h2-5,12,14H,6-9H2,1H3,(H,15,16);1H. The summed E-state index contributed by atoms with van der Waals surface area (Å²) in [6, 6.07) is 8.25. The number of hydrogen-bond acceptors (Lipinski definition) is 2. The van der Waals surface area contributed by atoms with E-state index in [4.69, 9.17) is 0 Å². The number of amides is 1. The summed E-state index contributed by atoms with van der Waals surface area (Å²) >= 11 is 0. The monoisotopic (exact) mass is 254 g/mol. The molecule has 0 aliphatic carbocycles. The number of hydrogen-bond donors (Lipinski definition) is 2. The zero-order chi connectivity index (χ0) is 11.4.